The van der Waals surface area contributed by atoms with Gasteiger partial charge in [0, 0.05) is 23.6 Å². The maximum atomic E-state index is 6.39. The summed E-state index contributed by atoms with van der Waals surface area (Å²) in [6, 6.07) is 7.39. The molecule has 2 heterocycles. The fourth-order valence-electron chi connectivity index (χ4n) is 2.97. The van der Waals surface area contributed by atoms with E-state index in [0.717, 1.165) is 22.4 Å². The Hall–Kier alpha value is -2.76. The fourth-order valence-corrected chi connectivity index (χ4v) is 3.36. The average molecular weight is 415 g/mol. The molecule has 0 radical (unpaired) electrons. The Morgan fingerprint density at radius 1 is 1.36 bits per heavy atom. The Morgan fingerprint density at radius 3 is 2.82 bits per heavy atom. The first-order valence-corrected chi connectivity index (χ1v) is 9.33. The van der Waals surface area contributed by atoms with E-state index in [0.29, 0.717) is 33.7 Å². The first kappa shape index (κ1) is 20.0. The highest BCUT2D eigenvalue weighted by molar-refractivity contribution is 6.42. The van der Waals surface area contributed by atoms with Crippen molar-refractivity contribution < 1.29 is 4.74 Å². The second-order valence-electron chi connectivity index (χ2n) is 6.09. The second-order valence-corrected chi connectivity index (χ2v) is 6.87. The van der Waals surface area contributed by atoms with E-state index in [-0.39, 0.29) is 0 Å². The van der Waals surface area contributed by atoms with Crippen LogP contribution in [0.1, 0.15) is 22.5 Å². The van der Waals surface area contributed by atoms with Gasteiger partial charge in [0.15, 0.2) is 5.65 Å². The van der Waals surface area contributed by atoms with Crippen molar-refractivity contribution in [3.05, 3.63) is 87.8 Å². The predicted octanol–water partition coefficient (Wildman–Crippen LogP) is 4.99. The first-order valence-electron chi connectivity index (χ1n) is 8.57. The number of aromatic nitrogens is 3. The molecule has 1 aromatic carbocycles. The molecule has 3 rings (SSSR count). The largest absolute Gasteiger partial charge is 0.481 e. The molecule has 0 spiro atoms. The van der Waals surface area contributed by atoms with E-state index >= 15 is 0 Å². The van der Waals surface area contributed by atoms with Crippen LogP contribution in [-0.2, 0) is 6.42 Å². The summed E-state index contributed by atoms with van der Waals surface area (Å²) in [6.07, 6.45) is 7.28. The number of methoxy groups -OCH3 is 1. The number of nitrogens with zero attached hydrogens (tertiary/aromatic N) is 3. The highest BCUT2D eigenvalue weighted by Gasteiger charge is 2.18. The molecule has 2 N–H and O–H groups in total. The van der Waals surface area contributed by atoms with E-state index in [9.17, 15) is 0 Å². The van der Waals surface area contributed by atoms with Gasteiger partial charge in [0.25, 0.3) is 0 Å². The third-order valence-corrected chi connectivity index (χ3v) is 5.19. The zero-order chi connectivity index (χ0) is 20.3. The lowest BCUT2D eigenvalue weighted by atomic mass is 10.0. The van der Waals surface area contributed by atoms with Crippen LogP contribution in [0.25, 0.3) is 11.2 Å². The van der Waals surface area contributed by atoms with Gasteiger partial charge in [-0.1, -0.05) is 54.1 Å². The second kappa shape index (κ2) is 8.50. The van der Waals surface area contributed by atoms with Crippen LogP contribution in [0, 0.1) is 6.92 Å². The molecule has 0 saturated heterocycles. The molecule has 28 heavy (non-hydrogen) atoms. The van der Waals surface area contributed by atoms with Crippen molar-refractivity contribution in [2.45, 2.75) is 13.3 Å². The van der Waals surface area contributed by atoms with E-state index in [4.69, 9.17) is 38.7 Å². The number of hydrogen-bond donors (Lipinski definition) is 1. The van der Waals surface area contributed by atoms with Crippen LogP contribution in [-0.4, -0.2) is 21.7 Å². The molecule has 3 aromatic rings. The molecule has 7 heteroatoms. The van der Waals surface area contributed by atoms with Crippen LogP contribution in [0.5, 0.6) is 5.88 Å². The monoisotopic (exact) mass is 414 g/mol. The van der Waals surface area contributed by atoms with Crippen LogP contribution in [0.4, 0.5) is 0 Å². The van der Waals surface area contributed by atoms with Crippen LogP contribution >= 0.6 is 23.2 Å². The number of fused-ring (bicyclic) bond motifs is 1. The van der Waals surface area contributed by atoms with E-state index < -0.39 is 0 Å². The number of hydrogen-bond acceptors (Lipinski definition) is 4. The molecule has 0 aliphatic heterocycles. The number of rotatable bonds is 6. The Morgan fingerprint density at radius 2 is 2.14 bits per heavy atom. The van der Waals surface area contributed by atoms with Crippen LogP contribution in [0.2, 0.25) is 10.0 Å². The van der Waals surface area contributed by atoms with Gasteiger partial charge in [0.1, 0.15) is 0 Å². The zero-order valence-electron chi connectivity index (χ0n) is 15.6. The molecular formula is C21H20Cl2N4O. The van der Waals surface area contributed by atoms with Gasteiger partial charge in [-0.15, -0.1) is 0 Å². The van der Waals surface area contributed by atoms with Gasteiger partial charge in [-0.05, 0) is 30.8 Å². The maximum Gasteiger partial charge on any atom is 0.218 e. The van der Waals surface area contributed by atoms with Gasteiger partial charge >= 0.3 is 0 Å². The summed E-state index contributed by atoms with van der Waals surface area (Å²) >= 11 is 12.6. The van der Waals surface area contributed by atoms with Crippen molar-refractivity contribution >= 4 is 34.4 Å². The summed E-state index contributed by atoms with van der Waals surface area (Å²) in [5.74, 6) is 0.562. The minimum absolute atomic E-state index is 0.517. The summed E-state index contributed by atoms with van der Waals surface area (Å²) in [5, 5.41) is 5.64. The lowest BCUT2D eigenvalue weighted by Gasteiger charge is -2.09. The fraction of sp³-hybridized carbons (Fsp3) is 0.143. The lowest BCUT2D eigenvalue weighted by Crippen LogP contribution is -2.02. The Balaban J connectivity index is 2.22. The maximum absolute atomic E-state index is 6.39. The minimum Gasteiger partial charge on any atom is -0.481 e. The normalized spacial score (nSPS) is 12.1. The van der Waals surface area contributed by atoms with Gasteiger partial charge in [0.05, 0.1) is 28.5 Å². The third-order valence-electron chi connectivity index (χ3n) is 4.33. The molecule has 144 valence electrons. The van der Waals surface area contributed by atoms with Crippen molar-refractivity contribution in [2.24, 2.45) is 5.73 Å². The number of halogens is 2. The molecule has 0 unspecified atom stereocenters. The molecule has 2 aromatic heterocycles. The van der Waals surface area contributed by atoms with Gasteiger partial charge in [0.2, 0.25) is 5.88 Å². The Bertz CT molecular complexity index is 1100. The Kier molecular flexibility index (Phi) is 6.07. The van der Waals surface area contributed by atoms with Crippen LogP contribution in [0.3, 0.4) is 0 Å². The molecule has 0 fully saturated rings. The van der Waals surface area contributed by atoms with E-state index in [1.165, 1.54) is 6.20 Å². The standard InChI is InChI=1S/C21H20Cl2N4O/c1-4-6-14(9-10-24)18-12-19(28-3)27-21(25-18)16(13(2)26-27)11-15-7-5-8-17(22)20(15)23/h4-10,12H,1,11,24H2,2-3H3/b10-9-,14-6+. The van der Waals surface area contributed by atoms with E-state index in [1.807, 2.05) is 31.2 Å². The number of allylic oxidation sites excluding steroid dienone is 4. The number of aryl methyl sites for hydroxylation is 1. The molecule has 0 saturated carbocycles. The van der Waals surface area contributed by atoms with Crippen molar-refractivity contribution in [3.8, 4) is 5.88 Å². The summed E-state index contributed by atoms with van der Waals surface area (Å²) < 4.78 is 7.23. The number of benzene rings is 1. The SMILES string of the molecule is C=C/C=C(\C=C/N)c1cc(OC)n2nc(C)c(Cc3cccc(Cl)c3Cl)c2n1. The van der Waals surface area contributed by atoms with Crippen molar-refractivity contribution in [1.82, 2.24) is 14.6 Å². The summed E-state index contributed by atoms with van der Waals surface area (Å²) in [4.78, 5) is 4.81. The van der Waals surface area contributed by atoms with Crippen LogP contribution in [0.15, 0.2) is 55.3 Å². The summed E-state index contributed by atoms with van der Waals surface area (Å²) in [6.45, 7) is 5.69. The average Bonchev–Trinajstić information content (AvgIpc) is 3.00. The molecule has 0 aliphatic rings. The predicted molar refractivity (Wildman–Crippen MR) is 115 cm³/mol. The van der Waals surface area contributed by atoms with Crippen molar-refractivity contribution in [2.75, 3.05) is 7.11 Å². The molecule has 0 aliphatic carbocycles. The van der Waals surface area contributed by atoms with Gasteiger partial charge in [-0.2, -0.15) is 9.61 Å². The minimum atomic E-state index is 0.517. The lowest BCUT2D eigenvalue weighted by molar-refractivity contribution is 0.384. The van der Waals surface area contributed by atoms with Crippen molar-refractivity contribution in [1.29, 1.82) is 0 Å². The topological polar surface area (TPSA) is 65.4 Å². The molecule has 5 nitrogen and oxygen atoms in total. The van der Waals surface area contributed by atoms with Gasteiger partial charge < -0.3 is 10.5 Å². The highest BCUT2D eigenvalue weighted by Crippen LogP contribution is 2.30. The molecule has 0 amide bonds. The van der Waals surface area contributed by atoms with Gasteiger partial charge in [-0.3, -0.25) is 0 Å². The van der Waals surface area contributed by atoms with E-state index in [2.05, 4.69) is 11.7 Å². The first-order chi connectivity index (χ1) is 13.5. The molecule has 0 bridgehead atoms. The summed E-state index contributed by atoms with van der Waals surface area (Å²) in [5.41, 5.74) is 10.5. The molecular weight excluding hydrogens is 395 g/mol. The zero-order valence-corrected chi connectivity index (χ0v) is 17.1. The van der Waals surface area contributed by atoms with Crippen LogP contribution < -0.4 is 10.5 Å². The Labute approximate surface area is 173 Å². The quantitative estimate of drug-likeness (QED) is 0.577. The van der Waals surface area contributed by atoms with E-state index in [1.54, 1.807) is 29.8 Å². The number of nitrogens with two attached hydrogens (primary N) is 1. The number of ether oxygens (including phenoxy) is 1. The smallest absolute Gasteiger partial charge is 0.218 e. The summed E-state index contributed by atoms with van der Waals surface area (Å²) in [7, 11) is 1.60. The van der Waals surface area contributed by atoms with Crippen molar-refractivity contribution in [3.63, 3.8) is 0 Å². The molecule has 0 atom stereocenters. The highest BCUT2D eigenvalue weighted by atomic mass is 35.5. The third kappa shape index (κ3) is 3.77. The van der Waals surface area contributed by atoms with Gasteiger partial charge in [-0.25, -0.2) is 4.98 Å².